The first-order valence-corrected chi connectivity index (χ1v) is 10.9. The van der Waals surface area contributed by atoms with E-state index in [2.05, 4.69) is 5.32 Å². The maximum Gasteiger partial charge on any atom is 0.286 e. The van der Waals surface area contributed by atoms with Gasteiger partial charge >= 0.3 is 0 Å². The molecule has 1 N–H and O–H groups in total. The fraction of sp³-hybridized carbons (Fsp3) is 0.391. The first kappa shape index (κ1) is 27.2. The average molecular weight is 485 g/mol. The molecule has 33 heavy (non-hydrogen) atoms. The van der Waals surface area contributed by atoms with Gasteiger partial charge in [-0.15, -0.1) is 0 Å². The number of hydrogen-bond acceptors (Lipinski definition) is 8. The summed E-state index contributed by atoms with van der Waals surface area (Å²) >= 11 is 1.03. The van der Waals surface area contributed by atoms with Crippen LogP contribution in [0.1, 0.15) is 16.7 Å². The minimum absolute atomic E-state index is 0. The molecule has 1 saturated heterocycles. The molecule has 1 fully saturated rings. The van der Waals surface area contributed by atoms with Crippen LogP contribution in [0.3, 0.4) is 0 Å². The second-order valence-corrected chi connectivity index (χ2v) is 8.24. The Kier molecular flexibility index (Phi) is 10.2. The molecule has 2 aromatic rings. The van der Waals surface area contributed by atoms with E-state index in [0.29, 0.717) is 48.2 Å². The van der Waals surface area contributed by atoms with Gasteiger partial charge in [0, 0.05) is 47.1 Å². The predicted octanol–water partition coefficient (Wildman–Crippen LogP) is 3.16. The first-order valence-electron chi connectivity index (χ1n) is 10.0. The standard InChI is InChI=1S/C23H27NO7S.Na/c1-13-16(19(28-3)21(30-5)20(29-4)18(13)27-2)10-11-31-15-8-6-14(7-9-15)12-17-22(25)24-23(26)32-17;/h6-9,17H,10-12H2,1-5H3,(H,24,25,26);. The van der Waals surface area contributed by atoms with Crippen LogP contribution in [0.4, 0.5) is 4.79 Å². The summed E-state index contributed by atoms with van der Waals surface area (Å²) in [7, 11) is 6.28. The van der Waals surface area contributed by atoms with Gasteiger partial charge in [-0.3, -0.25) is 14.9 Å². The molecule has 1 atom stereocenters. The molecule has 0 spiro atoms. The molecular weight excluding hydrogens is 457 g/mol. The van der Waals surface area contributed by atoms with E-state index in [1.54, 1.807) is 28.4 Å². The molecule has 0 saturated carbocycles. The molecule has 10 heteroatoms. The number of rotatable bonds is 10. The summed E-state index contributed by atoms with van der Waals surface area (Å²) in [6.45, 7) is 2.35. The molecule has 1 radical (unpaired) electrons. The van der Waals surface area contributed by atoms with Crippen molar-refractivity contribution < 1.29 is 33.3 Å². The van der Waals surface area contributed by atoms with E-state index < -0.39 is 0 Å². The molecule has 3 rings (SSSR count). The first-order chi connectivity index (χ1) is 15.4. The van der Waals surface area contributed by atoms with Crippen molar-refractivity contribution in [1.82, 2.24) is 5.32 Å². The van der Waals surface area contributed by atoms with Crippen LogP contribution in [0.5, 0.6) is 28.7 Å². The summed E-state index contributed by atoms with van der Waals surface area (Å²) in [5, 5.41) is 1.63. The van der Waals surface area contributed by atoms with E-state index >= 15 is 0 Å². The molecule has 1 aliphatic heterocycles. The van der Waals surface area contributed by atoms with Crippen LogP contribution < -0.4 is 29.0 Å². The van der Waals surface area contributed by atoms with Gasteiger partial charge < -0.3 is 23.7 Å². The van der Waals surface area contributed by atoms with Gasteiger partial charge in [0.2, 0.25) is 17.4 Å². The Hall–Kier alpha value is -2.07. The minimum atomic E-state index is -0.384. The quantitative estimate of drug-likeness (QED) is 0.514. The van der Waals surface area contributed by atoms with Crippen LogP contribution >= 0.6 is 11.8 Å². The Morgan fingerprint density at radius 3 is 1.97 bits per heavy atom. The topological polar surface area (TPSA) is 92.3 Å². The molecule has 1 aliphatic rings. The number of imide groups is 1. The summed E-state index contributed by atoms with van der Waals surface area (Å²) in [4.78, 5) is 23.0. The van der Waals surface area contributed by atoms with Crippen molar-refractivity contribution in [2.24, 2.45) is 0 Å². The summed E-state index contributed by atoms with van der Waals surface area (Å²) in [5.41, 5.74) is 2.76. The van der Waals surface area contributed by atoms with Gasteiger partial charge in [-0.05, 0) is 31.0 Å². The van der Waals surface area contributed by atoms with Crippen molar-refractivity contribution >= 4 is 52.5 Å². The van der Waals surface area contributed by atoms with Crippen LogP contribution in [-0.4, -0.2) is 81.0 Å². The maximum absolute atomic E-state index is 11.7. The van der Waals surface area contributed by atoms with E-state index in [1.807, 2.05) is 31.2 Å². The Balaban J connectivity index is 0.00000385. The van der Waals surface area contributed by atoms with Gasteiger partial charge in [0.15, 0.2) is 11.5 Å². The van der Waals surface area contributed by atoms with Gasteiger partial charge in [-0.25, -0.2) is 0 Å². The third-order valence-electron chi connectivity index (χ3n) is 5.23. The zero-order valence-electron chi connectivity index (χ0n) is 19.8. The molecule has 1 heterocycles. The average Bonchev–Trinajstić information content (AvgIpc) is 3.11. The SMILES string of the molecule is COc1c(C)c(CCOc2ccc(CC3SC(=O)NC3=O)cc2)c(OC)c(OC)c1OC.[Na]. The van der Waals surface area contributed by atoms with Crippen molar-refractivity contribution in [3.63, 3.8) is 0 Å². The summed E-state index contributed by atoms with van der Waals surface area (Å²) in [6.07, 6.45) is 1.05. The third-order valence-corrected chi connectivity index (χ3v) is 6.22. The summed E-state index contributed by atoms with van der Waals surface area (Å²) < 4.78 is 28.1. The fourth-order valence-corrected chi connectivity index (χ4v) is 4.55. The molecule has 0 aliphatic carbocycles. The third kappa shape index (κ3) is 6.09. The number of ether oxygens (including phenoxy) is 5. The van der Waals surface area contributed by atoms with Crippen LogP contribution in [0.2, 0.25) is 0 Å². The molecule has 8 nitrogen and oxygen atoms in total. The van der Waals surface area contributed by atoms with E-state index in [4.69, 9.17) is 23.7 Å². The molecule has 0 aromatic heterocycles. The minimum Gasteiger partial charge on any atom is -0.493 e. The Morgan fingerprint density at radius 1 is 0.879 bits per heavy atom. The van der Waals surface area contributed by atoms with E-state index in [1.165, 1.54) is 0 Å². The molecule has 0 bridgehead atoms. The molecule has 1 unspecified atom stereocenters. The number of carbonyl (C=O) groups excluding carboxylic acids is 2. The molecule has 2 amide bonds. The fourth-order valence-electron chi connectivity index (χ4n) is 3.69. The number of benzene rings is 2. The molecule has 173 valence electrons. The number of thioether (sulfide) groups is 1. The van der Waals surface area contributed by atoms with Crippen molar-refractivity contribution in [1.29, 1.82) is 0 Å². The molecule has 2 aromatic carbocycles. The van der Waals surface area contributed by atoms with Crippen molar-refractivity contribution in [3.05, 3.63) is 41.0 Å². The Bertz CT molecular complexity index is 998. The number of hydrogen-bond donors (Lipinski definition) is 1. The van der Waals surface area contributed by atoms with Gasteiger partial charge in [0.1, 0.15) is 5.75 Å². The van der Waals surface area contributed by atoms with Gasteiger partial charge in [0.25, 0.3) is 5.24 Å². The number of carbonyl (C=O) groups is 2. The van der Waals surface area contributed by atoms with Crippen LogP contribution in [0.25, 0.3) is 0 Å². The Morgan fingerprint density at radius 2 is 1.45 bits per heavy atom. The van der Waals surface area contributed by atoms with E-state index in [0.717, 1.165) is 28.5 Å². The Labute approximate surface area is 219 Å². The normalized spacial score (nSPS) is 14.9. The van der Waals surface area contributed by atoms with Gasteiger partial charge in [-0.2, -0.15) is 0 Å². The second-order valence-electron chi connectivity index (χ2n) is 7.07. The van der Waals surface area contributed by atoms with E-state index in [-0.39, 0.29) is 46.0 Å². The number of amides is 2. The van der Waals surface area contributed by atoms with Gasteiger partial charge in [0.05, 0.1) is 40.3 Å². The smallest absolute Gasteiger partial charge is 0.286 e. The van der Waals surface area contributed by atoms with Crippen LogP contribution in [0, 0.1) is 6.92 Å². The maximum atomic E-state index is 11.7. The molecular formula is C23H27NNaO7S. The van der Waals surface area contributed by atoms with Crippen LogP contribution in [0.15, 0.2) is 24.3 Å². The monoisotopic (exact) mass is 484 g/mol. The van der Waals surface area contributed by atoms with E-state index in [9.17, 15) is 9.59 Å². The van der Waals surface area contributed by atoms with Crippen molar-refractivity contribution in [2.45, 2.75) is 25.0 Å². The zero-order valence-corrected chi connectivity index (χ0v) is 22.6. The summed E-state index contributed by atoms with van der Waals surface area (Å²) in [6, 6.07) is 7.51. The van der Waals surface area contributed by atoms with Crippen molar-refractivity contribution in [2.75, 3.05) is 35.0 Å². The van der Waals surface area contributed by atoms with Gasteiger partial charge in [-0.1, -0.05) is 23.9 Å². The number of nitrogens with one attached hydrogen (secondary N) is 1. The zero-order chi connectivity index (χ0) is 23.3. The van der Waals surface area contributed by atoms with Crippen LogP contribution in [-0.2, 0) is 17.6 Å². The predicted molar refractivity (Wildman–Crippen MR) is 127 cm³/mol. The second kappa shape index (κ2) is 12.4. The summed E-state index contributed by atoms with van der Waals surface area (Å²) in [5.74, 6) is 2.61. The van der Waals surface area contributed by atoms with Crippen molar-refractivity contribution in [3.8, 4) is 28.7 Å². The number of methoxy groups -OCH3 is 4. The largest absolute Gasteiger partial charge is 0.493 e.